The van der Waals surface area contributed by atoms with E-state index in [1.54, 1.807) is 0 Å². The second-order valence-corrected chi connectivity index (χ2v) is 6.75. The molecule has 1 aromatic heterocycles. The minimum Gasteiger partial charge on any atom is -0.354 e. The summed E-state index contributed by atoms with van der Waals surface area (Å²) < 4.78 is 0. The van der Waals surface area contributed by atoms with Gasteiger partial charge >= 0.3 is 0 Å². The van der Waals surface area contributed by atoms with Gasteiger partial charge in [-0.2, -0.15) is 0 Å². The van der Waals surface area contributed by atoms with Crippen molar-refractivity contribution < 1.29 is 4.79 Å². The summed E-state index contributed by atoms with van der Waals surface area (Å²) in [6.07, 6.45) is 1.86. The fourth-order valence-corrected chi connectivity index (χ4v) is 2.19. The standard InChI is InChI=1S/C16H26N4O/c1-16(2,3)15(21)18-12-13-5-6-14(17-11-13)20-9-7-19(4)8-10-20/h5-6,11H,7-10,12H2,1-4H3,(H,18,21). The molecular formula is C16H26N4O. The van der Waals surface area contributed by atoms with Gasteiger partial charge in [-0.05, 0) is 18.7 Å². The van der Waals surface area contributed by atoms with Crippen LogP contribution in [0.3, 0.4) is 0 Å². The minimum atomic E-state index is -0.354. The van der Waals surface area contributed by atoms with Crippen LogP contribution in [0.2, 0.25) is 0 Å². The highest BCUT2D eigenvalue weighted by molar-refractivity contribution is 5.81. The molecule has 0 spiro atoms. The predicted molar refractivity (Wildman–Crippen MR) is 85.2 cm³/mol. The predicted octanol–water partition coefficient (Wildman–Crippen LogP) is 1.50. The first kappa shape index (κ1) is 15.8. The van der Waals surface area contributed by atoms with Crippen molar-refractivity contribution in [2.75, 3.05) is 38.1 Å². The molecule has 1 aliphatic heterocycles. The van der Waals surface area contributed by atoms with Crippen molar-refractivity contribution in [2.45, 2.75) is 27.3 Å². The van der Waals surface area contributed by atoms with E-state index in [9.17, 15) is 4.79 Å². The lowest BCUT2D eigenvalue weighted by Crippen LogP contribution is -2.44. The van der Waals surface area contributed by atoms with Crippen LogP contribution in [0.4, 0.5) is 5.82 Å². The van der Waals surface area contributed by atoms with Crippen molar-refractivity contribution in [3.63, 3.8) is 0 Å². The third-order valence-electron chi connectivity index (χ3n) is 3.77. The number of likely N-dealkylation sites (N-methyl/N-ethyl adjacent to an activating group) is 1. The molecule has 5 heteroatoms. The number of hydrogen-bond acceptors (Lipinski definition) is 4. The Balaban J connectivity index is 1.89. The number of piperazine rings is 1. The maximum absolute atomic E-state index is 11.8. The van der Waals surface area contributed by atoms with Crippen LogP contribution in [0.15, 0.2) is 18.3 Å². The molecule has 0 atom stereocenters. The van der Waals surface area contributed by atoms with Gasteiger partial charge in [-0.25, -0.2) is 4.98 Å². The van der Waals surface area contributed by atoms with Crippen molar-refractivity contribution in [3.8, 4) is 0 Å². The molecule has 0 saturated carbocycles. The molecule has 0 aromatic carbocycles. The average molecular weight is 290 g/mol. The van der Waals surface area contributed by atoms with E-state index in [-0.39, 0.29) is 11.3 Å². The molecule has 1 amide bonds. The number of nitrogens with zero attached hydrogens (tertiary/aromatic N) is 3. The van der Waals surface area contributed by atoms with Crippen LogP contribution in [0, 0.1) is 5.41 Å². The van der Waals surface area contributed by atoms with Crippen LogP contribution < -0.4 is 10.2 Å². The van der Waals surface area contributed by atoms with Gasteiger partial charge in [-0.15, -0.1) is 0 Å². The van der Waals surface area contributed by atoms with E-state index < -0.39 is 0 Å². The largest absolute Gasteiger partial charge is 0.354 e. The van der Waals surface area contributed by atoms with Gasteiger partial charge in [0.1, 0.15) is 5.82 Å². The van der Waals surface area contributed by atoms with Crippen LogP contribution >= 0.6 is 0 Å². The molecule has 0 radical (unpaired) electrons. The summed E-state index contributed by atoms with van der Waals surface area (Å²) in [6, 6.07) is 4.09. The van der Waals surface area contributed by atoms with E-state index in [0.717, 1.165) is 37.6 Å². The Morgan fingerprint density at radius 3 is 2.43 bits per heavy atom. The lowest BCUT2D eigenvalue weighted by atomic mass is 9.96. The molecular weight excluding hydrogens is 264 g/mol. The van der Waals surface area contributed by atoms with Crippen LogP contribution in [0.5, 0.6) is 0 Å². The van der Waals surface area contributed by atoms with Crippen molar-refractivity contribution in [1.29, 1.82) is 0 Å². The van der Waals surface area contributed by atoms with E-state index in [1.807, 2.05) is 39.1 Å². The molecule has 1 aromatic rings. The maximum Gasteiger partial charge on any atom is 0.225 e. The smallest absolute Gasteiger partial charge is 0.225 e. The Morgan fingerprint density at radius 1 is 1.24 bits per heavy atom. The molecule has 0 bridgehead atoms. The van der Waals surface area contributed by atoms with E-state index >= 15 is 0 Å². The molecule has 1 aliphatic rings. The fourth-order valence-electron chi connectivity index (χ4n) is 2.19. The van der Waals surface area contributed by atoms with Crippen LogP contribution in [0.25, 0.3) is 0 Å². The van der Waals surface area contributed by atoms with Crippen molar-refractivity contribution in [2.24, 2.45) is 5.41 Å². The van der Waals surface area contributed by atoms with E-state index in [2.05, 4.69) is 27.1 Å². The minimum absolute atomic E-state index is 0.0608. The van der Waals surface area contributed by atoms with Gasteiger partial charge in [0.05, 0.1) is 0 Å². The third-order valence-corrected chi connectivity index (χ3v) is 3.77. The molecule has 1 fully saturated rings. The normalized spacial score (nSPS) is 16.9. The van der Waals surface area contributed by atoms with Gasteiger partial charge in [-0.3, -0.25) is 4.79 Å². The number of anilines is 1. The number of nitrogens with one attached hydrogen (secondary N) is 1. The number of amides is 1. The lowest BCUT2D eigenvalue weighted by molar-refractivity contribution is -0.128. The molecule has 1 N–H and O–H groups in total. The van der Waals surface area contributed by atoms with Crippen molar-refractivity contribution >= 4 is 11.7 Å². The van der Waals surface area contributed by atoms with Gasteiger partial charge in [0.15, 0.2) is 0 Å². The molecule has 2 heterocycles. The van der Waals surface area contributed by atoms with Crippen LogP contribution in [0.1, 0.15) is 26.3 Å². The monoisotopic (exact) mass is 290 g/mol. The molecule has 2 rings (SSSR count). The first-order chi connectivity index (χ1) is 9.86. The summed E-state index contributed by atoms with van der Waals surface area (Å²) >= 11 is 0. The molecule has 0 aliphatic carbocycles. The summed E-state index contributed by atoms with van der Waals surface area (Å²) in [7, 11) is 2.14. The van der Waals surface area contributed by atoms with Crippen molar-refractivity contribution in [1.82, 2.24) is 15.2 Å². The Labute approximate surface area is 127 Å². The topological polar surface area (TPSA) is 48.5 Å². The number of hydrogen-bond donors (Lipinski definition) is 1. The van der Waals surface area contributed by atoms with Gasteiger partial charge < -0.3 is 15.1 Å². The maximum atomic E-state index is 11.8. The summed E-state index contributed by atoms with van der Waals surface area (Å²) in [5.41, 5.74) is 0.679. The number of pyridine rings is 1. The zero-order valence-electron chi connectivity index (χ0n) is 13.5. The summed E-state index contributed by atoms with van der Waals surface area (Å²) in [5, 5.41) is 2.94. The second-order valence-electron chi connectivity index (χ2n) is 6.75. The van der Waals surface area contributed by atoms with Crippen LogP contribution in [-0.4, -0.2) is 49.0 Å². The Bertz CT molecular complexity index is 470. The van der Waals surface area contributed by atoms with Crippen molar-refractivity contribution in [3.05, 3.63) is 23.9 Å². The second kappa shape index (κ2) is 6.43. The zero-order valence-corrected chi connectivity index (χ0v) is 13.5. The number of aromatic nitrogens is 1. The highest BCUT2D eigenvalue weighted by Crippen LogP contribution is 2.15. The third kappa shape index (κ3) is 4.43. The number of rotatable bonds is 3. The lowest BCUT2D eigenvalue weighted by Gasteiger charge is -2.33. The van der Waals surface area contributed by atoms with Gasteiger partial charge in [0.25, 0.3) is 0 Å². The highest BCUT2D eigenvalue weighted by Gasteiger charge is 2.20. The molecule has 1 saturated heterocycles. The summed E-state index contributed by atoms with van der Waals surface area (Å²) in [4.78, 5) is 21.0. The Kier molecular flexibility index (Phi) is 4.83. The number of carbonyl (C=O) groups is 1. The first-order valence-electron chi connectivity index (χ1n) is 7.53. The van der Waals surface area contributed by atoms with E-state index in [1.165, 1.54) is 0 Å². The molecule has 116 valence electrons. The first-order valence-corrected chi connectivity index (χ1v) is 7.53. The highest BCUT2D eigenvalue weighted by atomic mass is 16.2. The molecule has 5 nitrogen and oxygen atoms in total. The SMILES string of the molecule is CN1CCN(c2ccc(CNC(=O)C(C)(C)C)cn2)CC1. The average Bonchev–Trinajstić information content (AvgIpc) is 2.45. The molecule has 0 unspecified atom stereocenters. The van der Waals surface area contributed by atoms with Gasteiger partial charge in [0.2, 0.25) is 5.91 Å². The Morgan fingerprint density at radius 2 is 1.90 bits per heavy atom. The quantitative estimate of drug-likeness (QED) is 0.916. The van der Waals surface area contributed by atoms with Gasteiger partial charge in [0, 0.05) is 44.3 Å². The summed E-state index contributed by atoms with van der Waals surface area (Å²) in [6.45, 7) is 10.5. The summed E-state index contributed by atoms with van der Waals surface area (Å²) in [5.74, 6) is 1.08. The van der Waals surface area contributed by atoms with Gasteiger partial charge in [-0.1, -0.05) is 26.8 Å². The zero-order chi connectivity index (χ0) is 15.5. The molecule has 21 heavy (non-hydrogen) atoms. The van der Waals surface area contributed by atoms with E-state index in [4.69, 9.17) is 0 Å². The van der Waals surface area contributed by atoms with Crippen LogP contribution in [-0.2, 0) is 11.3 Å². The number of carbonyl (C=O) groups excluding carboxylic acids is 1. The van der Waals surface area contributed by atoms with E-state index in [0.29, 0.717) is 6.54 Å². The Hall–Kier alpha value is -1.62. The fraction of sp³-hybridized carbons (Fsp3) is 0.625.